The van der Waals surface area contributed by atoms with Gasteiger partial charge in [-0.25, -0.2) is 0 Å². The van der Waals surface area contributed by atoms with E-state index in [-0.39, 0.29) is 0 Å². The Balaban J connectivity index is 0.913. The number of ether oxygens (including phenoxy) is 21. The lowest BCUT2D eigenvalue weighted by molar-refractivity contribution is -0.400. The standard InChI is InChI=1S/C74H124N4O56/c1-16(89)75-31-42(100)55(26(11-85)115-64(31)113)126-65-32(76-17(2)90)43(101)56(27(12-86)122-65)127-72-54(112)61(132-74-63(47(105)38(96)23(8-82)121-74)134-67-34(78-19(4)92)60(40(98)25(10-84)117-67)131-71-53(111)49(107)58(29(14-88)124-71)129-69-51(109)45(103)36(94)21(6-80)119-69)41(99)30(125-72)15-114-73-62(46(104)37(95)22(7-81)120-73)133-66-33(77-18(3)91)59(39(97)24(9-83)116-66)130-70-52(110)48(106)57(28(13-87)123-70)128-68-50(108)44(102)35(93)20(5-79)118-68/h20-74,79-88,93-113H,5-15H2,1-4H3,(H,75,89)(H,76,90)(H,77,91)(H,78,92)/t20-,21-,22-,23-,24-,25-,26-,27-,28-,29-,30-,31-,32-,33-,34-,35+,36+,37-,38-,39-,40-,41-,42-,43-,44+,45+,46+,47+,48-,49-,50-,51-,52-,53-,54+,55-,56-,57+,58+,59-,60-,61+,62+,63+,64?,65+,66+,67+,68-,69-,70+,71+,72+,73+,74-/m1/s1. The lowest BCUT2D eigenvalue weighted by Gasteiger charge is -2.51. The third-order valence-electron chi connectivity index (χ3n) is 24.6. The molecule has 11 aliphatic rings. The molecule has 0 saturated carbocycles. The van der Waals surface area contributed by atoms with Gasteiger partial charge in [0.1, 0.15) is 268 Å². The molecule has 11 rings (SSSR count). The number of amides is 4. The molecule has 0 aromatic carbocycles. The van der Waals surface area contributed by atoms with E-state index in [1.54, 1.807) is 0 Å². The lowest BCUT2D eigenvalue weighted by Crippen LogP contribution is -2.71. The van der Waals surface area contributed by atoms with E-state index in [0.717, 1.165) is 27.7 Å². The second kappa shape index (κ2) is 48.3. The van der Waals surface area contributed by atoms with Crippen molar-refractivity contribution in [3.05, 3.63) is 0 Å². The number of hydrogen-bond acceptors (Lipinski definition) is 56. The summed E-state index contributed by atoms with van der Waals surface area (Å²) in [5.74, 6) is -3.87. The Hall–Kier alpha value is -4.20. The smallest absolute Gasteiger partial charge is 0.217 e. The van der Waals surface area contributed by atoms with Gasteiger partial charge in [-0.1, -0.05) is 0 Å². The molecule has 776 valence electrons. The molecule has 11 fully saturated rings. The Morgan fingerprint density at radius 2 is 0.418 bits per heavy atom. The van der Waals surface area contributed by atoms with E-state index < -0.39 is 434 Å². The Kier molecular flexibility index (Phi) is 39.7. The molecule has 0 radical (unpaired) electrons. The van der Waals surface area contributed by atoms with Gasteiger partial charge in [0.15, 0.2) is 69.2 Å². The fraction of sp³-hybridized carbons (Fsp3) is 0.946. The summed E-state index contributed by atoms with van der Waals surface area (Å²) < 4.78 is 125. The topological polar surface area (TPSA) is 937 Å². The van der Waals surface area contributed by atoms with Gasteiger partial charge in [-0.05, 0) is 0 Å². The molecule has 60 heteroatoms. The van der Waals surface area contributed by atoms with Crippen molar-refractivity contribution in [2.24, 2.45) is 0 Å². The van der Waals surface area contributed by atoms with Crippen LogP contribution in [0.25, 0.3) is 0 Å². The van der Waals surface area contributed by atoms with Crippen LogP contribution >= 0.6 is 0 Å². The maximum Gasteiger partial charge on any atom is 0.217 e. The van der Waals surface area contributed by atoms with Gasteiger partial charge in [-0.2, -0.15) is 0 Å². The lowest BCUT2D eigenvalue weighted by atomic mass is 9.93. The van der Waals surface area contributed by atoms with Crippen molar-refractivity contribution in [1.82, 2.24) is 21.3 Å². The number of rotatable bonds is 35. The van der Waals surface area contributed by atoms with Crippen molar-refractivity contribution < 1.29 is 277 Å². The summed E-state index contributed by atoms with van der Waals surface area (Å²) in [6.45, 7) is -8.98. The van der Waals surface area contributed by atoms with Crippen molar-refractivity contribution >= 4 is 23.6 Å². The van der Waals surface area contributed by atoms with Crippen LogP contribution in [0.4, 0.5) is 0 Å². The van der Waals surface area contributed by atoms with E-state index in [9.17, 15) is 177 Å². The van der Waals surface area contributed by atoms with Crippen LogP contribution in [0.15, 0.2) is 0 Å². The van der Waals surface area contributed by atoms with Crippen molar-refractivity contribution in [1.29, 1.82) is 0 Å². The van der Waals surface area contributed by atoms with E-state index in [2.05, 4.69) is 21.3 Å². The number of carbonyl (C=O) groups is 4. The Bertz CT molecular complexity index is 3650. The first kappa shape index (κ1) is 110. The molecule has 0 spiro atoms. The molecule has 11 saturated heterocycles. The average molecular weight is 1970 g/mol. The van der Waals surface area contributed by atoms with E-state index in [0.29, 0.717) is 0 Å². The zero-order valence-electron chi connectivity index (χ0n) is 71.6. The highest BCUT2D eigenvalue weighted by atomic mass is 16.8. The van der Waals surface area contributed by atoms with Gasteiger partial charge in [0.05, 0.1) is 72.7 Å². The highest BCUT2D eigenvalue weighted by molar-refractivity contribution is 5.74. The summed E-state index contributed by atoms with van der Waals surface area (Å²) >= 11 is 0. The van der Waals surface area contributed by atoms with Crippen LogP contribution in [0.2, 0.25) is 0 Å². The molecule has 134 heavy (non-hydrogen) atoms. The van der Waals surface area contributed by atoms with Crippen LogP contribution in [-0.2, 0) is 119 Å². The molecule has 55 atom stereocenters. The fourth-order valence-corrected chi connectivity index (χ4v) is 17.4. The predicted molar refractivity (Wildman–Crippen MR) is 409 cm³/mol. The quantitative estimate of drug-likeness (QED) is 0.0280. The second-order valence-electron chi connectivity index (χ2n) is 33.8. The molecular formula is C74H124N4O56. The highest BCUT2D eigenvalue weighted by Gasteiger charge is 2.63. The molecule has 0 aromatic rings. The Morgan fingerprint density at radius 3 is 0.799 bits per heavy atom. The number of carbonyl (C=O) groups excluding carboxylic acids is 4. The first-order chi connectivity index (χ1) is 63.5. The van der Waals surface area contributed by atoms with Gasteiger partial charge >= 0.3 is 0 Å². The van der Waals surface area contributed by atoms with Gasteiger partial charge in [0.2, 0.25) is 23.6 Å². The third-order valence-corrected chi connectivity index (χ3v) is 24.6. The summed E-state index contributed by atoms with van der Waals surface area (Å²) in [7, 11) is 0. The number of aliphatic hydroxyl groups excluding tert-OH is 31. The summed E-state index contributed by atoms with van der Waals surface area (Å²) in [5.41, 5.74) is 0. The minimum Gasteiger partial charge on any atom is -0.394 e. The molecule has 0 bridgehead atoms. The Labute approximate surface area is 757 Å². The number of nitrogens with one attached hydrogen (secondary N) is 4. The first-order valence-electron chi connectivity index (χ1n) is 42.7. The van der Waals surface area contributed by atoms with Gasteiger partial charge < -0.3 is 279 Å². The second-order valence-corrected chi connectivity index (χ2v) is 33.8. The summed E-state index contributed by atoms with van der Waals surface area (Å²) in [6.07, 6.45) is -110. The van der Waals surface area contributed by atoms with Crippen LogP contribution in [0.1, 0.15) is 27.7 Å². The molecular weight excluding hydrogens is 1840 g/mol. The normalized spacial score (nSPS) is 49.8. The Morgan fingerprint density at radius 1 is 0.194 bits per heavy atom. The number of aliphatic hydroxyl groups is 31. The summed E-state index contributed by atoms with van der Waals surface area (Å²) in [5, 5.41) is 356. The average Bonchev–Trinajstić information content (AvgIpc) is 0.762. The molecule has 0 aromatic heterocycles. The molecule has 0 aliphatic carbocycles. The van der Waals surface area contributed by atoms with Crippen LogP contribution in [0, 0.1) is 0 Å². The molecule has 11 aliphatic heterocycles. The van der Waals surface area contributed by atoms with Gasteiger partial charge in [0, 0.05) is 27.7 Å². The molecule has 35 N–H and O–H groups in total. The first-order valence-corrected chi connectivity index (χ1v) is 42.7. The maximum atomic E-state index is 13.4. The van der Waals surface area contributed by atoms with Crippen molar-refractivity contribution in [2.45, 2.75) is 365 Å². The van der Waals surface area contributed by atoms with Gasteiger partial charge in [-0.15, -0.1) is 0 Å². The van der Waals surface area contributed by atoms with E-state index in [4.69, 9.17) is 99.5 Å². The van der Waals surface area contributed by atoms with Crippen LogP contribution in [0.5, 0.6) is 0 Å². The van der Waals surface area contributed by atoms with Crippen LogP contribution < -0.4 is 21.3 Å². The minimum atomic E-state index is -2.67. The van der Waals surface area contributed by atoms with E-state index in [1.165, 1.54) is 0 Å². The largest absolute Gasteiger partial charge is 0.394 e. The third kappa shape index (κ3) is 24.0. The molecule has 60 nitrogen and oxygen atoms in total. The van der Waals surface area contributed by atoms with Crippen molar-refractivity contribution in [3.8, 4) is 0 Å². The molecule has 11 heterocycles. The maximum absolute atomic E-state index is 13.4. The fourth-order valence-electron chi connectivity index (χ4n) is 17.4. The zero-order chi connectivity index (χ0) is 98.5. The van der Waals surface area contributed by atoms with Crippen LogP contribution in [0.3, 0.4) is 0 Å². The summed E-state index contributed by atoms with van der Waals surface area (Å²) in [4.78, 5) is 52.0. The SMILES string of the molecule is CC(=O)N[C@H]1[C@H](O[C@H]2[C@H](O)[C@@H](NC(C)=O)C(O)O[C@@H]2CO)O[C@H](CO)[C@@H](O[C@@H]2O[C@H](CO[C@H]3O[C@H](CO)[C@@H](O)[C@H](O)[C@@H]3O[C@@H]3O[C@H](CO)[C@@H](O)[C@H](O[C@@H]4O[C@H](CO)[C@H](O[C@H]5O[C@H](CO)[C@H](O)[C@H](O)[C@H]5O)[C@H](O)[C@H]4O)[C@H]3NC(C)=O)[C@@H](O)[C@H](O[C@H]3O[C@H](CO)[C@@H](O)[C@H](O)[C@@H]3O[C@@H]3O[C@H](CO)[C@@H](O)[C@H](O[C@@H]4O[C@H](CO)[C@H](O[C@H]5O[C@H](CO)[C@H](O)[C@H](O)[C@H]5O)[C@H](O)[C@H]4O)[C@H]3NC(C)=O)[C@@H]2O)[C@@H]1O. The minimum absolute atomic E-state index is 0.818. The van der Waals surface area contributed by atoms with Crippen molar-refractivity contribution in [2.75, 3.05) is 72.7 Å². The zero-order valence-corrected chi connectivity index (χ0v) is 71.6. The summed E-state index contributed by atoms with van der Waals surface area (Å²) in [6, 6.07) is -7.80. The van der Waals surface area contributed by atoms with Gasteiger partial charge in [-0.3, -0.25) is 19.2 Å². The van der Waals surface area contributed by atoms with Gasteiger partial charge in [0.25, 0.3) is 0 Å². The monoisotopic (exact) mass is 1960 g/mol. The highest BCUT2D eigenvalue weighted by Crippen LogP contribution is 2.42. The van der Waals surface area contributed by atoms with Crippen molar-refractivity contribution in [3.63, 3.8) is 0 Å². The van der Waals surface area contributed by atoms with Crippen LogP contribution in [-0.4, -0.2) is 592 Å². The van der Waals surface area contributed by atoms with E-state index >= 15 is 0 Å². The van der Waals surface area contributed by atoms with E-state index in [1.807, 2.05) is 0 Å². The molecule has 4 amide bonds. The number of hydrogen-bond donors (Lipinski definition) is 35. The molecule has 1 unspecified atom stereocenters. The predicted octanol–water partition coefficient (Wildman–Crippen LogP) is -24.4.